The van der Waals surface area contributed by atoms with Crippen LogP contribution < -0.4 is 0 Å². The molecular weight excluding hydrogens is 236 g/mol. The van der Waals surface area contributed by atoms with Gasteiger partial charge in [-0.25, -0.2) is 0 Å². The fourth-order valence-electron chi connectivity index (χ4n) is 3.59. The summed E-state index contributed by atoms with van der Waals surface area (Å²) in [5.41, 5.74) is 4.69. The second kappa shape index (κ2) is 3.89. The molecule has 0 aromatic heterocycles. The van der Waals surface area contributed by atoms with Crippen molar-refractivity contribution in [1.29, 1.82) is 0 Å². The standard InChI is InChI=1S/C17H16S/c1-11-15-10-12-6-2-3-7-13(12)17(15)14-8-4-5-9-16(14)18-11/h2-9,11,15,17H,10H2,1H3. The highest BCUT2D eigenvalue weighted by Gasteiger charge is 2.41. The summed E-state index contributed by atoms with van der Waals surface area (Å²) in [6.07, 6.45) is 1.25. The van der Waals surface area contributed by atoms with Crippen LogP contribution >= 0.6 is 11.8 Å². The van der Waals surface area contributed by atoms with E-state index in [1.165, 1.54) is 11.3 Å². The fourth-order valence-corrected chi connectivity index (χ4v) is 4.91. The quantitative estimate of drug-likeness (QED) is 0.666. The first-order valence-corrected chi connectivity index (χ1v) is 7.56. The highest BCUT2D eigenvalue weighted by molar-refractivity contribution is 8.00. The van der Waals surface area contributed by atoms with Crippen molar-refractivity contribution >= 4 is 11.8 Å². The zero-order chi connectivity index (χ0) is 12.1. The van der Waals surface area contributed by atoms with E-state index < -0.39 is 0 Å². The number of hydrogen-bond acceptors (Lipinski definition) is 1. The van der Waals surface area contributed by atoms with Crippen LogP contribution in [0, 0.1) is 5.92 Å². The van der Waals surface area contributed by atoms with Gasteiger partial charge in [0.1, 0.15) is 0 Å². The summed E-state index contributed by atoms with van der Waals surface area (Å²) in [5.74, 6) is 1.41. The monoisotopic (exact) mass is 252 g/mol. The Balaban J connectivity index is 1.93. The molecule has 0 amide bonds. The van der Waals surface area contributed by atoms with Crippen LogP contribution in [0.5, 0.6) is 0 Å². The first-order valence-electron chi connectivity index (χ1n) is 6.68. The molecule has 3 unspecified atom stereocenters. The van der Waals surface area contributed by atoms with Crippen LogP contribution in [-0.4, -0.2) is 5.25 Å². The second-order valence-electron chi connectivity index (χ2n) is 5.41. The highest BCUT2D eigenvalue weighted by atomic mass is 32.2. The van der Waals surface area contributed by atoms with E-state index in [9.17, 15) is 0 Å². The minimum atomic E-state index is 0.633. The maximum absolute atomic E-state index is 2.39. The van der Waals surface area contributed by atoms with Gasteiger partial charge in [0.2, 0.25) is 0 Å². The Labute approximate surface area is 112 Å². The summed E-state index contributed by atoms with van der Waals surface area (Å²) < 4.78 is 0. The maximum Gasteiger partial charge on any atom is 0.0145 e. The Morgan fingerprint density at radius 2 is 1.67 bits per heavy atom. The average Bonchev–Trinajstić information content (AvgIpc) is 2.79. The van der Waals surface area contributed by atoms with Crippen molar-refractivity contribution < 1.29 is 0 Å². The molecule has 0 bridgehead atoms. The van der Waals surface area contributed by atoms with Crippen molar-refractivity contribution in [3.63, 3.8) is 0 Å². The van der Waals surface area contributed by atoms with E-state index in [4.69, 9.17) is 0 Å². The van der Waals surface area contributed by atoms with Crippen molar-refractivity contribution in [2.45, 2.75) is 29.4 Å². The third-order valence-corrected chi connectivity index (χ3v) is 5.79. The molecule has 18 heavy (non-hydrogen) atoms. The topological polar surface area (TPSA) is 0 Å². The average molecular weight is 252 g/mol. The van der Waals surface area contributed by atoms with E-state index in [1.807, 2.05) is 0 Å². The Kier molecular flexibility index (Phi) is 2.31. The molecule has 3 atom stereocenters. The number of benzene rings is 2. The van der Waals surface area contributed by atoms with Gasteiger partial charge in [0.25, 0.3) is 0 Å². The van der Waals surface area contributed by atoms with Gasteiger partial charge in [-0.05, 0) is 35.1 Å². The predicted octanol–water partition coefficient (Wildman–Crippen LogP) is 4.49. The van der Waals surface area contributed by atoms with Crippen molar-refractivity contribution in [3.8, 4) is 0 Å². The molecule has 0 N–H and O–H groups in total. The SMILES string of the molecule is CC1Sc2ccccc2C2c3ccccc3CC12. The molecule has 0 spiro atoms. The van der Waals surface area contributed by atoms with E-state index in [0.717, 1.165) is 11.2 Å². The lowest BCUT2D eigenvalue weighted by Gasteiger charge is -2.33. The summed E-state index contributed by atoms with van der Waals surface area (Å²) in [6, 6.07) is 18.0. The smallest absolute Gasteiger partial charge is 0.0145 e. The molecule has 0 saturated heterocycles. The van der Waals surface area contributed by atoms with Gasteiger partial charge >= 0.3 is 0 Å². The van der Waals surface area contributed by atoms with Crippen LogP contribution in [-0.2, 0) is 6.42 Å². The molecule has 0 radical (unpaired) electrons. The van der Waals surface area contributed by atoms with Gasteiger partial charge in [-0.2, -0.15) is 0 Å². The van der Waals surface area contributed by atoms with Crippen LogP contribution in [0.25, 0.3) is 0 Å². The summed E-state index contributed by atoms with van der Waals surface area (Å²) in [6.45, 7) is 2.39. The molecule has 1 aliphatic carbocycles. The van der Waals surface area contributed by atoms with Gasteiger partial charge in [-0.3, -0.25) is 0 Å². The number of thioether (sulfide) groups is 1. The third-order valence-electron chi connectivity index (χ3n) is 4.44. The zero-order valence-electron chi connectivity index (χ0n) is 10.5. The molecule has 90 valence electrons. The molecular formula is C17H16S. The molecule has 0 nitrogen and oxygen atoms in total. The molecule has 2 aromatic rings. The van der Waals surface area contributed by atoms with Gasteiger partial charge in [-0.15, -0.1) is 11.8 Å². The number of fused-ring (bicyclic) bond motifs is 5. The zero-order valence-corrected chi connectivity index (χ0v) is 11.3. The first-order chi connectivity index (χ1) is 8.84. The molecule has 0 saturated carbocycles. The second-order valence-corrected chi connectivity index (χ2v) is 6.82. The Hall–Kier alpha value is -1.21. The summed E-state index contributed by atoms with van der Waals surface area (Å²) in [5, 5.41) is 0.720. The number of hydrogen-bond donors (Lipinski definition) is 0. The van der Waals surface area contributed by atoms with E-state index >= 15 is 0 Å². The van der Waals surface area contributed by atoms with Crippen molar-refractivity contribution in [2.75, 3.05) is 0 Å². The lowest BCUT2D eigenvalue weighted by Crippen LogP contribution is -2.24. The minimum Gasteiger partial charge on any atom is -0.122 e. The third kappa shape index (κ3) is 1.40. The fraction of sp³-hybridized carbons (Fsp3) is 0.294. The van der Waals surface area contributed by atoms with E-state index in [-0.39, 0.29) is 0 Å². The van der Waals surface area contributed by atoms with Gasteiger partial charge in [0.05, 0.1) is 0 Å². The molecule has 1 heteroatoms. The molecule has 1 heterocycles. The normalized spacial score (nSPS) is 28.4. The lowest BCUT2D eigenvalue weighted by molar-refractivity contribution is 0.486. The van der Waals surface area contributed by atoms with Crippen LogP contribution in [0.2, 0.25) is 0 Å². The van der Waals surface area contributed by atoms with Gasteiger partial charge in [0, 0.05) is 16.1 Å². The largest absolute Gasteiger partial charge is 0.122 e. The first kappa shape index (κ1) is 10.7. The number of rotatable bonds is 0. The van der Waals surface area contributed by atoms with Crippen molar-refractivity contribution in [3.05, 3.63) is 65.2 Å². The summed E-state index contributed by atoms with van der Waals surface area (Å²) in [7, 11) is 0. The van der Waals surface area contributed by atoms with Crippen LogP contribution in [0.1, 0.15) is 29.5 Å². The Morgan fingerprint density at radius 1 is 0.944 bits per heavy atom. The van der Waals surface area contributed by atoms with Crippen molar-refractivity contribution in [2.24, 2.45) is 5.92 Å². The molecule has 0 fully saturated rings. The summed E-state index contributed by atoms with van der Waals surface area (Å²) >= 11 is 2.06. The molecule has 1 aliphatic heterocycles. The Morgan fingerprint density at radius 3 is 2.56 bits per heavy atom. The minimum absolute atomic E-state index is 0.633. The van der Waals surface area contributed by atoms with E-state index in [0.29, 0.717) is 5.92 Å². The summed E-state index contributed by atoms with van der Waals surface area (Å²) in [4.78, 5) is 1.49. The van der Waals surface area contributed by atoms with Crippen LogP contribution in [0.4, 0.5) is 0 Å². The van der Waals surface area contributed by atoms with E-state index in [2.05, 4.69) is 67.2 Å². The van der Waals surface area contributed by atoms with Gasteiger partial charge in [0.15, 0.2) is 0 Å². The van der Waals surface area contributed by atoms with Crippen LogP contribution in [0.15, 0.2) is 53.4 Å². The molecule has 4 rings (SSSR count). The van der Waals surface area contributed by atoms with Crippen LogP contribution in [0.3, 0.4) is 0 Å². The molecule has 2 aromatic carbocycles. The molecule has 2 aliphatic rings. The van der Waals surface area contributed by atoms with Crippen molar-refractivity contribution in [1.82, 2.24) is 0 Å². The maximum atomic E-state index is 2.39. The van der Waals surface area contributed by atoms with Gasteiger partial charge < -0.3 is 0 Å². The van der Waals surface area contributed by atoms with Gasteiger partial charge in [-0.1, -0.05) is 49.4 Å². The van der Waals surface area contributed by atoms with E-state index in [1.54, 1.807) is 16.7 Å². The highest BCUT2D eigenvalue weighted by Crippen LogP contribution is 2.53. The predicted molar refractivity (Wildman–Crippen MR) is 77.2 cm³/mol. The Bertz CT molecular complexity index is 602. The lowest BCUT2D eigenvalue weighted by atomic mass is 9.84.